The van der Waals surface area contributed by atoms with Crippen LogP contribution in [0.2, 0.25) is 0 Å². The Morgan fingerprint density at radius 2 is 2.04 bits per heavy atom. The van der Waals surface area contributed by atoms with E-state index in [0.717, 1.165) is 38.5 Å². The standard InChI is InChI=1S/C22H28O3/c1-14(23)7-11-22-12-8-16(24)13-15(22)3-4-17-18-5-6-20(25)21(18,2)10-9-19(17)22/h7-8,11-13,17-20,25H,3-6,9-10H2,1-2H3/b11-7+/t17-,18-,19-,20-,21-,22-/m0/s1. The lowest BCUT2D eigenvalue weighted by molar-refractivity contribution is -0.112. The predicted molar refractivity (Wildman–Crippen MR) is 96.8 cm³/mol. The molecule has 25 heavy (non-hydrogen) atoms. The predicted octanol–water partition coefficient (Wildman–Crippen LogP) is 3.78. The van der Waals surface area contributed by atoms with Crippen molar-refractivity contribution < 1.29 is 14.7 Å². The zero-order valence-electron chi connectivity index (χ0n) is 15.2. The van der Waals surface area contributed by atoms with E-state index >= 15 is 0 Å². The molecule has 0 unspecified atom stereocenters. The Labute approximate surface area is 149 Å². The van der Waals surface area contributed by atoms with Crippen molar-refractivity contribution in [3.05, 3.63) is 36.0 Å². The molecule has 0 aromatic rings. The largest absolute Gasteiger partial charge is 0.393 e. The minimum absolute atomic E-state index is 0.0437. The lowest BCUT2D eigenvalue weighted by Crippen LogP contribution is -2.50. The second-order valence-corrected chi connectivity index (χ2v) is 8.84. The molecule has 3 nitrogen and oxygen atoms in total. The number of allylic oxidation sites excluding steroid dienone is 6. The maximum absolute atomic E-state index is 11.9. The van der Waals surface area contributed by atoms with Crippen LogP contribution in [0.5, 0.6) is 0 Å². The maximum Gasteiger partial charge on any atom is 0.178 e. The molecule has 0 bridgehead atoms. The molecule has 4 aliphatic rings. The summed E-state index contributed by atoms with van der Waals surface area (Å²) in [6.45, 7) is 3.86. The summed E-state index contributed by atoms with van der Waals surface area (Å²) in [4.78, 5) is 23.6. The Morgan fingerprint density at radius 1 is 1.24 bits per heavy atom. The van der Waals surface area contributed by atoms with Gasteiger partial charge in [-0.25, -0.2) is 0 Å². The highest BCUT2D eigenvalue weighted by Gasteiger charge is 2.58. The van der Waals surface area contributed by atoms with Crippen molar-refractivity contribution in [1.82, 2.24) is 0 Å². The summed E-state index contributed by atoms with van der Waals surface area (Å²) >= 11 is 0. The molecule has 0 aromatic heterocycles. The van der Waals surface area contributed by atoms with Crippen LogP contribution < -0.4 is 0 Å². The SMILES string of the molecule is CC(=O)/C=C/[C@]12C=CC(=O)C=C1CC[C@H]1[C@@H]3CC[C@H](O)[C@@]3(C)CC[C@@H]12. The molecule has 4 aliphatic carbocycles. The lowest BCUT2D eigenvalue weighted by Gasteiger charge is -2.56. The minimum atomic E-state index is -0.280. The molecule has 6 atom stereocenters. The number of carbonyl (C=O) groups is 2. The first-order valence-electron chi connectivity index (χ1n) is 9.69. The molecule has 3 heteroatoms. The van der Waals surface area contributed by atoms with Crippen molar-refractivity contribution in [2.45, 2.75) is 58.5 Å². The number of rotatable bonds is 2. The fraction of sp³-hybridized carbons (Fsp3) is 0.636. The van der Waals surface area contributed by atoms with Gasteiger partial charge in [-0.15, -0.1) is 0 Å². The van der Waals surface area contributed by atoms with Gasteiger partial charge in [-0.1, -0.05) is 24.6 Å². The molecule has 3 saturated carbocycles. The molecule has 0 radical (unpaired) electrons. The van der Waals surface area contributed by atoms with Crippen molar-refractivity contribution in [3.8, 4) is 0 Å². The Hall–Kier alpha value is -1.48. The average Bonchev–Trinajstić information content (AvgIpc) is 2.88. The number of ketones is 2. The molecule has 0 aliphatic heterocycles. The third kappa shape index (κ3) is 2.43. The fourth-order valence-corrected chi connectivity index (χ4v) is 6.44. The Kier molecular flexibility index (Phi) is 3.91. The highest BCUT2D eigenvalue weighted by Crippen LogP contribution is 2.64. The summed E-state index contributed by atoms with van der Waals surface area (Å²) in [6.07, 6.45) is 15.2. The van der Waals surface area contributed by atoms with Gasteiger partial charge in [0.25, 0.3) is 0 Å². The molecule has 0 spiro atoms. The van der Waals surface area contributed by atoms with E-state index in [1.54, 1.807) is 25.2 Å². The van der Waals surface area contributed by atoms with Crippen molar-refractivity contribution in [1.29, 1.82) is 0 Å². The van der Waals surface area contributed by atoms with Crippen LogP contribution in [0.1, 0.15) is 52.4 Å². The van der Waals surface area contributed by atoms with Crippen molar-refractivity contribution in [3.63, 3.8) is 0 Å². The van der Waals surface area contributed by atoms with Gasteiger partial charge in [0.15, 0.2) is 11.6 Å². The summed E-state index contributed by atoms with van der Waals surface area (Å²) in [5.74, 6) is 1.66. The number of aliphatic hydroxyl groups excluding tert-OH is 1. The van der Waals surface area contributed by atoms with Crippen LogP contribution >= 0.6 is 0 Å². The van der Waals surface area contributed by atoms with Gasteiger partial charge in [-0.05, 0) is 86.8 Å². The Bertz CT molecular complexity index is 700. The van der Waals surface area contributed by atoms with Gasteiger partial charge in [-0.3, -0.25) is 9.59 Å². The van der Waals surface area contributed by atoms with Crippen LogP contribution in [0.3, 0.4) is 0 Å². The van der Waals surface area contributed by atoms with Gasteiger partial charge in [0.1, 0.15) is 0 Å². The molecule has 134 valence electrons. The average molecular weight is 340 g/mol. The molecule has 0 saturated heterocycles. The molecule has 3 fully saturated rings. The molecular formula is C22H28O3. The summed E-state index contributed by atoms with van der Waals surface area (Å²) < 4.78 is 0. The van der Waals surface area contributed by atoms with E-state index in [1.807, 2.05) is 0 Å². The monoisotopic (exact) mass is 340 g/mol. The van der Waals surface area contributed by atoms with E-state index in [1.165, 1.54) is 5.57 Å². The number of carbonyl (C=O) groups excluding carboxylic acids is 2. The van der Waals surface area contributed by atoms with Gasteiger partial charge in [0.2, 0.25) is 0 Å². The van der Waals surface area contributed by atoms with E-state index < -0.39 is 0 Å². The molecule has 0 heterocycles. The summed E-state index contributed by atoms with van der Waals surface area (Å²) in [6, 6.07) is 0. The molecule has 1 N–H and O–H groups in total. The van der Waals surface area contributed by atoms with Crippen molar-refractivity contribution in [2.75, 3.05) is 0 Å². The lowest BCUT2D eigenvalue weighted by atomic mass is 9.48. The molecule has 0 amide bonds. The van der Waals surface area contributed by atoms with Crippen LogP contribution in [-0.4, -0.2) is 22.8 Å². The topological polar surface area (TPSA) is 54.4 Å². The van der Waals surface area contributed by atoms with Gasteiger partial charge >= 0.3 is 0 Å². The Morgan fingerprint density at radius 3 is 2.80 bits per heavy atom. The zero-order valence-corrected chi connectivity index (χ0v) is 15.2. The van der Waals surface area contributed by atoms with Crippen molar-refractivity contribution >= 4 is 11.6 Å². The smallest absolute Gasteiger partial charge is 0.178 e. The zero-order chi connectivity index (χ0) is 17.8. The summed E-state index contributed by atoms with van der Waals surface area (Å²) in [7, 11) is 0. The normalized spacial score (nSPS) is 45.7. The summed E-state index contributed by atoms with van der Waals surface area (Å²) in [5.41, 5.74) is 0.945. The third-order valence-electron chi connectivity index (χ3n) is 7.74. The molecule has 4 rings (SSSR count). The van der Waals surface area contributed by atoms with Gasteiger partial charge in [0, 0.05) is 5.41 Å². The number of hydrogen-bond donors (Lipinski definition) is 1. The van der Waals surface area contributed by atoms with E-state index in [9.17, 15) is 14.7 Å². The third-order valence-corrected chi connectivity index (χ3v) is 7.74. The second kappa shape index (κ2) is 5.77. The second-order valence-electron chi connectivity index (χ2n) is 8.84. The molecular weight excluding hydrogens is 312 g/mol. The van der Waals surface area contributed by atoms with E-state index in [4.69, 9.17) is 0 Å². The van der Waals surface area contributed by atoms with Crippen LogP contribution in [-0.2, 0) is 9.59 Å². The number of hydrogen-bond acceptors (Lipinski definition) is 3. The van der Waals surface area contributed by atoms with E-state index in [0.29, 0.717) is 17.8 Å². The highest BCUT2D eigenvalue weighted by atomic mass is 16.3. The van der Waals surface area contributed by atoms with Crippen LogP contribution in [0.4, 0.5) is 0 Å². The number of aliphatic hydroxyl groups is 1. The Balaban J connectivity index is 1.76. The van der Waals surface area contributed by atoms with E-state index in [-0.39, 0.29) is 28.5 Å². The van der Waals surface area contributed by atoms with E-state index in [2.05, 4.69) is 19.1 Å². The highest BCUT2D eigenvalue weighted by molar-refractivity contribution is 6.01. The summed E-state index contributed by atoms with van der Waals surface area (Å²) in [5, 5.41) is 10.6. The fourth-order valence-electron chi connectivity index (χ4n) is 6.44. The first-order chi connectivity index (χ1) is 11.9. The minimum Gasteiger partial charge on any atom is -0.393 e. The first kappa shape index (κ1) is 17.0. The number of fused-ring (bicyclic) bond motifs is 5. The quantitative estimate of drug-likeness (QED) is 0.778. The van der Waals surface area contributed by atoms with Crippen LogP contribution in [0, 0.1) is 28.6 Å². The van der Waals surface area contributed by atoms with Crippen LogP contribution in [0.15, 0.2) is 36.0 Å². The van der Waals surface area contributed by atoms with Gasteiger partial charge < -0.3 is 5.11 Å². The van der Waals surface area contributed by atoms with Crippen molar-refractivity contribution in [2.24, 2.45) is 28.6 Å². The van der Waals surface area contributed by atoms with Gasteiger partial charge in [0.05, 0.1) is 6.10 Å². The van der Waals surface area contributed by atoms with Crippen LogP contribution in [0.25, 0.3) is 0 Å². The first-order valence-corrected chi connectivity index (χ1v) is 9.69. The maximum atomic E-state index is 11.9. The molecule has 0 aromatic carbocycles. The van der Waals surface area contributed by atoms with Gasteiger partial charge in [-0.2, -0.15) is 0 Å².